The molecule has 0 saturated carbocycles. The molecule has 0 aliphatic rings. The molecule has 1 unspecified atom stereocenters. The number of ether oxygens (including phenoxy) is 1. The maximum Gasteiger partial charge on any atom is 0.0679 e. The van der Waals surface area contributed by atoms with Crippen LogP contribution in [0.25, 0.3) is 0 Å². The summed E-state index contributed by atoms with van der Waals surface area (Å²) in [5.74, 6) is 0.374. The topological polar surface area (TPSA) is 9.23 Å². The Bertz CT molecular complexity index is 315. The van der Waals surface area contributed by atoms with Gasteiger partial charge in [0.25, 0.3) is 0 Å². The molecule has 0 aromatic heterocycles. The van der Waals surface area contributed by atoms with Crippen molar-refractivity contribution in [3.8, 4) is 0 Å². The van der Waals surface area contributed by atoms with Gasteiger partial charge >= 0.3 is 0 Å². The minimum Gasteiger partial charge on any atom is -0.373 e. The fourth-order valence-electron chi connectivity index (χ4n) is 1.74. The van der Waals surface area contributed by atoms with Gasteiger partial charge in [0.2, 0.25) is 0 Å². The summed E-state index contributed by atoms with van der Waals surface area (Å²) in [6, 6.07) is 10.4. The second-order valence-electron chi connectivity index (χ2n) is 3.88. The van der Waals surface area contributed by atoms with Crippen molar-refractivity contribution in [3.63, 3.8) is 0 Å². The lowest BCUT2D eigenvalue weighted by molar-refractivity contribution is 0.0596. The Labute approximate surface area is 98.5 Å². The lowest BCUT2D eigenvalue weighted by Crippen LogP contribution is -2.20. The zero-order valence-corrected chi connectivity index (χ0v) is 9.93. The maximum absolute atomic E-state index is 5.76. The predicted octanol–water partition coefficient (Wildman–Crippen LogP) is 3.94. The lowest BCUT2D eigenvalue weighted by atomic mass is 9.93. The highest BCUT2D eigenvalue weighted by Gasteiger charge is 2.17. The molecule has 2 atom stereocenters. The Morgan fingerprint density at radius 2 is 1.88 bits per heavy atom. The highest BCUT2D eigenvalue weighted by molar-refractivity contribution is 5.20. The zero-order valence-electron chi connectivity index (χ0n) is 9.93. The van der Waals surface area contributed by atoms with Gasteiger partial charge in [-0.1, -0.05) is 49.4 Å². The minimum absolute atomic E-state index is 0.179. The SMILES string of the molecule is C=CCO[C@@H](CC=C)C(C)c1ccccc1. The van der Waals surface area contributed by atoms with Crippen molar-refractivity contribution in [2.24, 2.45) is 0 Å². The van der Waals surface area contributed by atoms with E-state index in [-0.39, 0.29) is 6.10 Å². The summed E-state index contributed by atoms with van der Waals surface area (Å²) in [7, 11) is 0. The zero-order chi connectivity index (χ0) is 11.8. The minimum atomic E-state index is 0.179. The Kier molecular flexibility index (Phi) is 5.58. The first-order chi connectivity index (χ1) is 7.79. The normalized spacial score (nSPS) is 14.1. The molecule has 0 saturated heterocycles. The molecule has 0 bridgehead atoms. The highest BCUT2D eigenvalue weighted by Crippen LogP contribution is 2.23. The first-order valence-electron chi connectivity index (χ1n) is 5.68. The molecule has 1 heteroatoms. The summed E-state index contributed by atoms with van der Waals surface area (Å²) < 4.78 is 5.76. The van der Waals surface area contributed by atoms with Gasteiger partial charge in [-0.15, -0.1) is 13.2 Å². The van der Waals surface area contributed by atoms with E-state index in [4.69, 9.17) is 4.74 Å². The molecule has 0 N–H and O–H groups in total. The quantitative estimate of drug-likeness (QED) is 0.627. The Morgan fingerprint density at radius 3 is 2.44 bits per heavy atom. The molecule has 0 fully saturated rings. The van der Waals surface area contributed by atoms with Crippen LogP contribution in [-0.2, 0) is 4.74 Å². The van der Waals surface area contributed by atoms with Gasteiger partial charge in [-0.3, -0.25) is 0 Å². The number of hydrogen-bond acceptors (Lipinski definition) is 1. The smallest absolute Gasteiger partial charge is 0.0679 e. The van der Waals surface area contributed by atoms with Crippen molar-refractivity contribution < 1.29 is 4.74 Å². The Hall–Kier alpha value is -1.34. The fourth-order valence-corrected chi connectivity index (χ4v) is 1.74. The standard InChI is InChI=1S/C15H20O/c1-4-9-15(16-12-5-2)13(3)14-10-7-6-8-11-14/h4-8,10-11,13,15H,1-2,9,12H2,3H3/t13?,15-/m0/s1. The van der Waals surface area contributed by atoms with Crippen LogP contribution >= 0.6 is 0 Å². The average molecular weight is 216 g/mol. The van der Waals surface area contributed by atoms with Gasteiger partial charge in [-0.25, -0.2) is 0 Å². The van der Waals surface area contributed by atoms with Crippen LogP contribution in [0.5, 0.6) is 0 Å². The van der Waals surface area contributed by atoms with Crippen molar-refractivity contribution in [1.29, 1.82) is 0 Å². The summed E-state index contributed by atoms with van der Waals surface area (Å²) >= 11 is 0. The monoisotopic (exact) mass is 216 g/mol. The van der Waals surface area contributed by atoms with Gasteiger partial charge < -0.3 is 4.74 Å². The summed E-state index contributed by atoms with van der Waals surface area (Å²) in [6.45, 7) is 10.2. The van der Waals surface area contributed by atoms with E-state index >= 15 is 0 Å². The van der Waals surface area contributed by atoms with Crippen molar-refractivity contribution >= 4 is 0 Å². The summed E-state index contributed by atoms with van der Waals surface area (Å²) in [5, 5.41) is 0. The molecule has 16 heavy (non-hydrogen) atoms. The van der Waals surface area contributed by atoms with Crippen molar-refractivity contribution in [1.82, 2.24) is 0 Å². The third-order valence-electron chi connectivity index (χ3n) is 2.71. The molecule has 0 radical (unpaired) electrons. The number of hydrogen-bond donors (Lipinski definition) is 0. The van der Waals surface area contributed by atoms with Crippen LogP contribution in [-0.4, -0.2) is 12.7 Å². The van der Waals surface area contributed by atoms with E-state index in [2.05, 4.69) is 44.3 Å². The van der Waals surface area contributed by atoms with Crippen LogP contribution in [0.2, 0.25) is 0 Å². The molecule has 0 spiro atoms. The van der Waals surface area contributed by atoms with Crippen LogP contribution in [0.4, 0.5) is 0 Å². The van der Waals surface area contributed by atoms with E-state index in [1.54, 1.807) is 6.08 Å². The van der Waals surface area contributed by atoms with Crippen LogP contribution in [0, 0.1) is 0 Å². The third kappa shape index (κ3) is 3.67. The summed E-state index contributed by atoms with van der Waals surface area (Å²) in [6.07, 6.45) is 4.74. The predicted molar refractivity (Wildman–Crippen MR) is 69.6 cm³/mol. The van der Waals surface area contributed by atoms with E-state index in [9.17, 15) is 0 Å². The molecule has 0 aliphatic heterocycles. The van der Waals surface area contributed by atoms with E-state index < -0.39 is 0 Å². The Morgan fingerprint density at radius 1 is 1.19 bits per heavy atom. The van der Waals surface area contributed by atoms with Crippen LogP contribution in [0.1, 0.15) is 24.8 Å². The van der Waals surface area contributed by atoms with Crippen LogP contribution < -0.4 is 0 Å². The van der Waals surface area contributed by atoms with Crippen LogP contribution in [0.15, 0.2) is 55.6 Å². The van der Waals surface area contributed by atoms with E-state index in [0.29, 0.717) is 12.5 Å². The second-order valence-corrected chi connectivity index (χ2v) is 3.88. The first kappa shape index (κ1) is 12.7. The van der Waals surface area contributed by atoms with Crippen molar-refractivity contribution in [3.05, 3.63) is 61.2 Å². The number of rotatable bonds is 7. The molecule has 1 aromatic rings. The average Bonchev–Trinajstić information content (AvgIpc) is 2.35. The molecular weight excluding hydrogens is 196 g/mol. The summed E-state index contributed by atoms with van der Waals surface area (Å²) in [4.78, 5) is 0. The number of benzene rings is 1. The highest BCUT2D eigenvalue weighted by atomic mass is 16.5. The maximum atomic E-state index is 5.76. The van der Waals surface area contributed by atoms with E-state index in [1.165, 1.54) is 5.56 Å². The summed E-state index contributed by atoms with van der Waals surface area (Å²) in [5.41, 5.74) is 1.30. The van der Waals surface area contributed by atoms with Crippen LogP contribution in [0.3, 0.4) is 0 Å². The van der Waals surface area contributed by atoms with Gasteiger partial charge in [0.15, 0.2) is 0 Å². The second kappa shape index (κ2) is 7.02. The largest absolute Gasteiger partial charge is 0.373 e. The molecule has 1 rings (SSSR count). The lowest BCUT2D eigenvalue weighted by Gasteiger charge is -2.23. The van der Waals surface area contributed by atoms with Gasteiger partial charge in [-0.05, 0) is 12.0 Å². The van der Waals surface area contributed by atoms with Gasteiger partial charge in [0.05, 0.1) is 12.7 Å². The van der Waals surface area contributed by atoms with E-state index in [1.807, 2.05) is 12.1 Å². The fraction of sp³-hybridized carbons (Fsp3) is 0.333. The van der Waals surface area contributed by atoms with Gasteiger partial charge in [-0.2, -0.15) is 0 Å². The molecule has 1 nitrogen and oxygen atoms in total. The molecular formula is C15H20O. The molecule has 1 aromatic carbocycles. The first-order valence-corrected chi connectivity index (χ1v) is 5.68. The van der Waals surface area contributed by atoms with Gasteiger partial charge in [0.1, 0.15) is 0 Å². The van der Waals surface area contributed by atoms with E-state index in [0.717, 1.165) is 6.42 Å². The third-order valence-corrected chi connectivity index (χ3v) is 2.71. The molecule has 86 valence electrons. The van der Waals surface area contributed by atoms with Gasteiger partial charge in [0, 0.05) is 5.92 Å². The molecule has 0 heterocycles. The molecule has 0 amide bonds. The Balaban J connectivity index is 2.69. The molecule has 0 aliphatic carbocycles. The van der Waals surface area contributed by atoms with Crippen molar-refractivity contribution in [2.45, 2.75) is 25.4 Å². The van der Waals surface area contributed by atoms with Crippen molar-refractivity contribution in [2.75, 3.05) is 6.61 Å².